The molecule has 0 amide bonds. The zero-order valence-electron chi connectivity index (χ0n) is 9.02. The fraction of sp³-hybridized carbons (Fsp3) is 0.700. The smallest absolute Gasteiger partial charge is 0.340 e. The van der Waals surface area contributed by atoms with Gasteiger partial charge in [-0.2, -0.15) is 0 Å². The molecule has 1 heterocycles. The summed E-state index contributed by atoms with van der Waals surface area (Å²) >= 11 is 0. The first-order valence-corrected chi connectivity index (χ1v) is 4.93. The van der Waals surface area contributed by atoms with Crippen LogP contribution in [-0.2, 0) is 28.6 Å². The summed E-state index contributed by atoms with van der Waals surface area (Å²) in [5.74, 6) is -3.45. The van der Waals surface area contributed by atoms with E-state index in [-0.39, 0.29) is 12.4 Å². The molecule has 0 N–H and O–H groups in total. The van der Waals surface area contributed by atoms with Gasteiger partial charge in [0.25, 0.3) is 0 Å². The minimum Gasteiger partial charge on any atom is -0.468 e. The second-order valence-corrected chi connectivity index (χ2v) is 3.83. The number of ether oxygens (including phenoxy) is 3. The fourth-order valence-electron chi connectivity index (χ4n) is 2.50. The second-order valence-electron chi connectivity index (χ2n) is 3.83. The number of rotatable bonds is 2. The van der Waals surface area contributed by atoms with Gasteiger partial charge >= 0.3 is 11.9 Å². The number of fused-ring (bicyclic) bond motifs is 1. The summed E-state index contributed by atoms with van der Waals surface area (Å²) in [5, 5.41) is 0. The normalized spacial score (nSPS) is 36.2. The van der Waals surface area contributed by atoms with Crippen molar-refractivity contribution in [2.75, 3.05) is 20.8 Å². The van der Waals surface area contributed by atoms with Crippen LogP contribution in [0.4, 0.5) is 0 Å². The molecule has 1 aliphatic heterocycles. The molecule has 1 saturated heterocycles. The van der Waals surface area contributed by atoms with Gasteiger partial charge in [-0.15, -0.1) is 0 Å². The van der Waals surface area contributed by atoms with E-state index in [4.69, 9.17) is 4.74 Å². The molecule has 0 spiro atoms. The minimum absolute atomic E-state index is 0.277. The van der Waals surface area contributed by atoms with Gasteiger partial charge in [0, 0.05) is 6.61 Å². The molecule has 1 saturated carbocycles. The van der Waals surface area contributed by atoms with Crippen molar-refractivity contribution in [2.24, 2.45) is 11.8 Å². The van der Waals surface area contributed by atoms with E-state index in [9.17, 15) is 14.4 Å². The molecule has 6 nitrogen and oxygen atoms in total. The van der Waals surface area contributed by atoms with Crippen molar-refractivity contribution in [3.63, 3.8) is 0 Å². The first-order chi connectivity index (χ1) is 7.59. The zero-order chi connectivity index (χ0) is 11.9. The number of Topliss-reactive ketones (excluding diaryl/α,β-unsaturated/α-hetero) is 1. The van der Waals surface area contributed by atoms with Crippen LogP contribution in [0.25, 0.3) is 0 Å². The Labute approximate surface area is 91.8 Å². The summed E-state index contributed by atoms with van der Waals surface area (Å²) in [7, 11) is 2.37. The Hall–Kier alpha value is -1.43. The summed E-state index contributed by atoms with van der Waals surface area (Å²) in [6, 6.07) is 0. The van der Waals surface area contributed by atoms with Crippen LogP contribution in [0.2, 0.25) is 0 Å². The third kappa shape index (κ3) is 1.07. The van der Waals surface area contributed by atoms with Crippen LogP contribution >= 0.6 is 0 Å². The number of carbonyl (C=O) groups is 3. The molecule has 6 heteroatoms. The Morgan fingerprint density at radius 1 is 1.38 bits per heavy atom. The topological polar surface area (TPSA) is 78.9 Å². The van der Waals surface area contributed by atoms with Gasteiger partial charge in [0.1, 0.15) is 0 Å². The molecule has 88 valence electrons. The van der Waals surface area contributed by atoms with Gasteiger partial charge in [-0.3, -0.25) is 9.59 Å². The first kappa shape index (κ1) is 11.1. The number of hydrogen-bond donors (Lipinski definition) is 0. The van der Waals surface area contributed by atoms with Gasteiger partial charge in [0.15, 0.2) is 17.3 Å². The highest BCUT2D eigenvalue weighted by molar-refractivity contribution is 6.15. The molecule has 0 radical (unpaired) electrons. The van der Waals surface area contributed by atoms with Crippen molar-refractivity contribution in [3.8, 4) is 0 Å². The quantitative estimate of drug-likeness (QED) is 0.459. The SMILES string of the molecule is COC(=O)C1C(=O)[C@@H]2CCO[C@]12C(=O)OC. The van der Waals surface area contributed by atoms with Crippen molar-refractivity contribution < 1.29 is 28.6 Å². The maximum atomic E-state index is 11.7. The third-order valence-electron chi connectivity index (χ3n) is 3.26. The van der Waals surface area contributed by atoms with Crippen LogP contribution in [0.15, 0.2) is 0 Å². The van der Waals surface area contributed by atoms with Gasteiger partial charge in [-0.25, -0.2) is 4.79 Å². The average molecular weight is 228 g/mol. The van der Waals surface area contributed by atoms with E-state index < -0.39 is 29.4 Å². The molecule has 1 aliphatic carbocycles. The van der Waals surface area contributed by atoms with Crippen LogP contribution in [0, 0.1) is 11.8 Å². The maximum Gasteiger partial charge on any atom is 0.340 e. The number of hydrogen-bond acceptors (Lipinski definition) is 6. The Kier molecular flexibility index (Phi) is 2.46. The van der Waals surface area contributed by atoms with E-state index in [1.54, 1.807) is 0 Å². The molecule has 0 bridgehead atoms. The second kappa shape index (κ2) is 3.55. The molecule has 0 aromatic carbocycles. The highest BCUT2D eigenvalue weighted by atomic mass is 16.6. The summed E-state index contributed by atoms with van der Waals surface area (Å²) in [4.78, 5) is 34.8. The fourth-order valence-corrected chi connectivity index (χ4v) is 2.50. The minimum atomic E-state index is -1.43. The molecule has 3 atom stereocenters. The Morgan fingerprint density at radius 3 is 2.62 bits per heavy atom. The van der Waals surface area contributed by atoms with E-state index in [2.05, 4.69) is 9.47 Å². The lowest BCUT2D eigenvalue weighted by Gasteiger charge is -2.44. The van der Waals surface area contributed by atoms with Crippen LogP contribution in [0.1, 0.15) is 6.42 Å². The largest absolute Gasteiger partial charge is 0.468 e. The molecule has 0 aromatic rings. The number of ketones is 1. The van der Waals surface area contributed by atoms with Gasteiger partial charge in [0.05, 0.1) is 20.1 Å². The van der Waals surface area contributed by atoms with Gasteiger partial charge in [-0.05, 0) is 6.42 Å². The van der Waals surface area contributed by atoms with Crippen molar-refractivity contribution >= 4 is 17.7 Å². The average Bonchev–Trinajstić information content (AvgIpc) is 2.67. The van der Waals surface area contributed by atoms with E-state index in [0.717, 1.165) is 0 Å². The summed E-state index contributed by atoms with van der Waals surface area (Å²) in [5.41, 5.74) is -1.43. The Bertz CT molecular complexity index is 362. The lowest BCUT2D eigenvalue weighted by Crippen LogP contribution is -2.68. The predicted molar refractivity (Wildman–Crippen MR) is 49.3 cm³/mol. The standard InChI is InChI=1S/C10H12O6/c1-14-8(12)6-7(11)5-3-4-16-10(5,6)9(13)15-2/h5-6H,3-4H2,1-2H3/t5-,6?,10-/m0/s1. The highest BCUT2D eigenvalue weighted by Crippen LogP contribution is 2.51. The van der Waals surface area contributed by atoms with Crippen molar-refractivity contribution in [3.05, 3.63) is 0 Å². The first-order valence-electron chi connectivity index (χ1n) is 4.93. The molecule has 2 fully saturated rings. The molecule has 16 heavy (non-hydrogen) atoms. The predicted octanol–water partition coefficient (Wildman–Crippen LogP) is -0.693. The molecular weight excluding hydrogens is 216 g/mol. The monoisotopic (exact) mass is 228 g/mol. The number of carbonyl (C=O) groups excluding carboxylic acids is 3. The van der Waals surface area contributed by atoms with Gasteiger partial charge in [-0.1, -0.05) is 0 Å². The Balaban J connectivity index is 2.35. The molecule has 0 aromatic heterocycles. The van der Waals surface area contributed by atoms with Gasteiger partial charge in [0.2, 0.25) is 0 Å². The maximum absolute atomic E-state index is 11.7. The van der Waals surface area contributed by atoms with Crippen LogP contribution in [0.3, 0.4) is 0 Å². The Morgan fingerprint density at radius 2 is 2.06 bits per heavy atom. The zero-order valence-corrected chi connectivity index (χ0v) is 9.02. The van der Waals surface area contributed by atoms with E-state index in [1.807, 2.05) is 0 Å². The number of esters is 2. The van der Waals surface area contributed by atoms with E-state index in [1.165, 1.54) is 14.2 Å². The van der Waals surface area contributed by atoms with Crippen molar-refractivity contribution in [1.82, 2.24) is 0 Å². The molecule has 2 aliphatic rings. The van der Waals surface area contributed by atoms with E-state index >= 15 is 0 Å². The van der Waals surface area contributed by atoms with Crippen molar-refractivity contribution in [1.29, 1.82) is 0 Å². The van der Waals surface area contributed by atoms with Crippen LogP contribution in [-0.4, -0.2) is 44.1 Å². The molecular formula is C10H12O6. The molecule has 1 unspecified atom stereocenters. The lowest BCUT2D eigenvalue weighted by atomic mass is 9.59. The van der Waals surface area contributed by atoms with Crippen molar-refractivity contribution in [2.45, 2.75) is 12.0 Å². The summed E-state index contributed by atoms with van der Waals surface area (Å²) < 4.78 is 14.4. The third-order valence-corrected chi connectivity index (χ3v) is 3.26. The lowest BCUT2D eigenvalue weighted by molar-refractivity contribution is -0.203. The van der Waals surface area contributed by atoms with Crippen LogP contribution < -0.4 is 0 Å². The van der Waals surface area contributed by atoms with Crippen LogP contribution in [0.5, 0.6) is 0 Å². The summed E-state index contributed by atoms with van der Waals surface area (Å²) in [6.07, 6.45) is 0.446. The number of methoxy groups -OCH3 is 2. The molecule has 2 rings (SSSR count). The summed E-state index contributed by atoms with van der Waals surface area (Å²) in [6.45, 7) is 0.277. The van der Waals surface area contributed by atoms with E-state index in [0.29, 0.717) is 6.42 Å². The highest BCUT2D eigenvalue weighted by Gasteiger charge is 2.74. The van der Waals surface area contributed by atoms with Gasteiger partial charge < -0.3 is 14.2 Å².